The second-order valence-electron chi connectivity index (χ2n) is 13.3. The molecule has 10 heteroatoms. The summed E-state index contributed by atoms with van der Waals surface area (Å²) in [6, 6.07) is 13.7. The number of amides is 4. The van der Waals surface area contributed by atoms with E-state index in [1.807, 2.05) is 67.3 Å². The number of nitrogens with zero attached hydrogens (tertiary/aromatic N) is 1. The zero-order valence-corrected chi connectivity index (χ0v) is 27.1. The number of piperidine rings is 1. The molecule has 5 rings (SSSR count). The molecule has 2 aromatic carbocycles. The van der Waals surface area contributed by atoms with Gasteiger partial charge in [-0.1, -0.05) is 43.3 Å². The molecule has 3 N–H and O–H groups in total. The van der Waals surface area contributed by atoms with Gasteiger partial charge in [-0.2, -0.15) is 0 Å². The molecule has 2 aromatic rings. The van der Waals surface area contributed by atoms with Crippen LogP contribution in [0.5, 0.6) is 5.75 Å². The van der Waals surface area contributed by atoms with E-state index in [2.05, 4.69) is 16.0 Å². The Bertz CT molecular complexity index is 1380. The number of carbonyl (C=O) groups is 4. The highest BCUT2D eigenvalue weighted by atomic mass is 16.5. The van der Waals surface area contributed by atoms with E-state index in [1.54, 1.807) is 0 Å². The van der Waals surface area contributed by atoms with Crippen LogP contribution in [0.25, 0.3) is 0 Å². The molecule has 3 aliphatic rings. The average Bonchev–Trinajstić information content (AvgIpc) is 3.06. The van der Waals surface area contributed by atoms with Crippen LogP contribution in [0.2, 0.25) is 0 Å². The highest BCUT2D eigenvalue weighted by Crippen LogP contribution is 2.30. The van der Waals surface area contributed by atoms with Gasteiger partial charge in [0.25, 0.3) is 0 Å². The molecule has 2 fully saturated rings. The number of rotatable bonds is 5. The van der Waals surface area contributed by atoms with Crippen LogP contribution in [0.1, 0.15) is 68.6 Å². The molecule has 3 heterocycles. The standard InChI is InChI=1S/C36H48N4O6/c1-25-10-12-29-21-28(25)23-37-33(42)30(13-11-26-7-4-3-5-8-26)38-34(43)31(39-35(44)36(2)15-19-45-20-16-36)22-32(41)40-17-6-9-27(24-40)14-18-46-29/h3-5,7-8,10,12,21,27,30-31H,6,9,11,13-20,22-24H2,1-2H3,(H,37,42)(H,38,43)(H,39,44)/t27?,30-,31-/m0/s1. The highest BCUT2D eigenvalue weighted by molar-refractivity contribution is 5.95. The van der Waals surface area contributed by atoms with Gasteiger partial charge in [0.1, 0.15) is 17.8 Å². The minimum Gasteiger partial charge on any atom is -0.494 e. The number of aryl methyl sites for hydroxylation is 2. The lowest BCUT2D eigenvalue weighted by Gasteiger charge is -2.35. The zero-order chi connectivity index (χ0) is 32.5. The molecule has 0 radical (unpaired) electrons. The van der Waals surface area contributed by atoms with Crippen LogP contribution in [0.3, 0.4) is 0 Å². The van der Waals surface area contributed by atoms with Gasteiger partial charge in [0.15, 0.2) is 0 Å². The van der Waals surface area contributed by atoms with Gasteiger partial charge in [0, 0.05) is 32.8 Å². The Morgan fingerprint density at radius 1 is 1.02 bits per heavy atom. The molecule has 0 aromatic heterocycles. The molecule has 4 amide bonds. The molecule has 2 saturated heterocycles. The van der Waals surface area contributed by atoms with Crippen molar-refractivity contribution in [1.29, 1.82) is 0 Å². The molecule has 0 spiro atoms. The minimum atomic E-state index is -1.12. The summed E-state index contributed by atoms with van der Waals surface area (Å²) < 4.78 is 11.6. The summed E-state index contributed by atoms with van der Waals surface area (Å²) in [6.45, 7) is 6.77. The Morgan fingerprint density at radius 3 is 2.59 bits per heavy atom. The lowest BCUT2D eigenvalue weighted by molar-refractivity contribution is -0.142. The average molecular weight is 633 g/mol. The van der Waals surface area contributed by atoms with Crippen molar-refractivity contribution in [2.75, 3.05) is 32.9 Å². The first-order valence-corrected chi connectivity index (χ1v) is 16.7. The van der Waals surface area contributed by atoms with E-state index in [4.69, 9.17) is 9.47 Å². The third-order valence-electron chi connectivity index (χ3n) is 9.78. The van der Waals surface area contributed by atoms with Crippen molar-refractivity contribution in [1.82, 2.24) is 20.9 Å². The Morgan fingerprint density at radius 2 is 1.80 bits per heavy atom. The molecule has 248 valence electrons. The highest BCUT2D eigenvalue weighted by Gasteiger charge is 2.39. The van der Waals surface area contributed by atoms with Crippen molar-refractivity contribution in [3.8, 4) is 5.75 Å². The molecule has 4 bridgehead atoms. The van der Waals surface area contributed by atoms with E-state index in [1.165, 1.54) is 0 Å². The van der Waals surface area contributed by atoms with Crippen molar-refractivity contribution >= 4 is 23.6 Å². The van der Waals surface area contributed by atoms with E-state index in [0.717, 1.165) is 41.7 Å². The van der Waals surface area contributed by atoms with Crippen molar-refractivity contribution < 1.29 is 28.7 Å². The lowest BCUT2D eigenvalue weighted by Crippen LogP contribution is -2.57. The van der Waals surface area contributed by atoms with E-state index >= 15 is 0 Å². The summed E-state index contributed by atoms with van der Waals surface area (Å²) >= 11 is 0. The van der Waals surface area contributed by atoms with Crippen LogP contribution < -0.4 is 20.7 Å². The fourth-order valence-corrected chi connectivity index (χ4v) is 6.50. The molecular formula is C36H48N4O6. The molecule has 46 heavy (non-hydrogen) atoms. The second kappa shape index (κ2) is 15.6. The van der Waals surface area contributed by atoms with Crippen LogP contribution in [0.4, 0.5) is 0 Å². The van der Waals surface area contributed by atoms with Crippen LogP contribution in [-0.4, -0.2) is 73.5 Å². The topological polar surface area (TPSA) is 126 Å². The number of benzene rings is 2. The maximum absolute atomic E-state index is 14.0. The third-order valence-corrected chi connectivity index (χ3v) is 9.78. The lowest BCUT2D eigenvalue weighted by atomic mass is 9.81. The Hall–Kier alpha value is -3.92. The van der Waals surface area contributed by atoms with E-state index in [9.17, 15) is 19.2 Å². The quantitative estimate of drug-likeness (QED) is 0.464. The van der Waals surface area contributed by atoms with Gasteiger partial charge in [0.2, 0.25) is 23.6 Å². The van der Waals surface area contributed by atoms with Crippen LogP contribution in [-0.2, 0) is 36.9 Å². The minimum absolute atomic E-state index is 0.176. The first-order chi connectivity index (χ1) is 22.2. The molecule has 0 aliphatic carbocycles. The second-order valence-corrected chi connectivity index (χ2v) is 13.3. The molecule has 10 nitrogen and oxygen atoms in total. The Labute approximate surface area is 272 Å². The number of carbonyl (C=O) groups excluding carboxylic acids is 4. The van der Waals surface area contributed by atoms with Gasteiger partial charge in [-0.15, -0.1) is 0 Å². The smallest absolute Gasteiger partial charge is 0.243 e. The summed E-state index contributed by atoms with van der Waals surface area (Å²) in [6.07, 6.45) is 4.46. The SMILES string of the molecule is Cc1ccc2cc1CNC(=O)[C@H](CCc1ccccc1)NC(=O)[C@@H](NC(=O)C1(C)CCOCC1)CC(=O)N1CCCC(CCO2)C1. The van der Waals surface area contributed by atoms with Crippen molar-refractivity contribution in [2.45, 2.75) is 83.8 Å². The summed E-state index contributed by atoms with van der Waals surface area (Å²) in [7, 11) is 0. The molecule has 0 saturated carbocycles. The van der Waals surface area contributed by atoms with Crippen LogP contribution >= 0.6 is 0 Å². The third kappa shape index (κ3) is 8.87. The number of ether oxygens (including phenoxy) is 2. The number of fused-ring (bicyclic) bond motifs is 4. The predicted molar refractivity (Wildman–Crippen MR) is 174 cm³/mol. The summed E-state index contributed by atoms with van der Waals surface area (Å²) in [5.41, 5.74) is 2.29. The fraction of sp³-hybridized carbons (Fsp3) is 0.556. The van der Waals surface area contributed by atoms with Crippen molar-refractivity contribution in [3.05, 3.63) is 65.2 Å². The summed E-state index contributed by atoms with van der Waals surface area (Å²) in [4.78, 5) is 56.8. The normalized spacial score (nSPS) is 24.4. The largest absolute Gasteiger partial charge is 0.494 e. The maximum atomic E-state index is 14.0. The van der Waals surface area contributed by atoms with Gasteiger partial charge >= 0.3 is 0 Å². The van der Waals surface area contributed by atoms with E-state index < -0.39 is 23.4 Å². The number of hydrogen-bond acceptors (Lipinski definition) is 6. The predicted octanol–water partition coefficient (Wildman–Crippen LogP) is 3.44. The van der Waals surface area contributed by atoms with Crippen LogP contribution in [0.15, 0.2) is 48.5 Å². The number of nitrogens with one attached hydrogen (secondary N) is 3. The maximum Gasteiger partial charge on any atom is 0.243 e. The molecular weight excluding hydrogens is 584 g/mol. The summed E-state index contributed by atoms with van der Waals surface area (Å²) in [5, 5.41) is 8.85. The van der Waals surface area contributed by atoms with Crippen molar-refractivity contribution in [3.63, 3.8) is 0 Å². The van der Waals surface area contributed by atoms with Gasteiger partial charge in [-0.05, 0) is 86.6 Å². The molecule has 3 atom stereocenters. The van der Waals surface area contributed by atoms with E-state index in [0.29, 0.717) is 58.6 Å². The first kappa shape index (κ1) is 33.4. The number of hydrogen-bond donors (Lipinski definition) is 3. The first-order valence-electron chi connectivity index (χ1n) is 16.7. The van der Waals surface area contributed by atoms with Gasteiger partial charge in [0.05, 0.1) is 18.4 Å². The summed E-state index contributed by atoms with van der Waals surface area (Å²) in [5.74, 6) is -0.302. The van der Waals surface area contributed by atoms with Gasteiger partial charge in [-0.25, -0.2) is 0 Å². The monoisotopic (exact) mass is 632 g/mol. The van der Waals surface area contributed by atoms with Crippen LogP contribution in [0, 0.1) is 18.3 Å². The van der Waals surface area contributed by atoms with Crippen molar-refractivity contribution in [2.24, 2.45) is 11.3 Å². The molecule has 1 unspecified atom stereocenters. The zero-order valence-electron chi connectivity index (χ0n) is 27.1. The van der Waals surface area contributed by atoms with Gasteiger partial charge in [-0.3, -0.25) is 19.2 Å². The van der Waals surface area contributed by atoms with Gasteiger partial charge < -0.3 is 30.3 Å². The fourth-order valence-electron chi connectivity index (χ4n) is 6.50. The molecule has 3 aliphatic heterocycles. The van der Waals surface area contributed by atoms with E-state index in [-0.39, 0.29) is 36.6 Å². The Balaban J connectivity index is 1.41. The Kier molecular flexibility index (Phi) is 11.3.